The zero-order valence-corrected chi connectivity index (χ0v) is 8.04. The van der Waals surface area contributed by atoms with Crippen LogP contribution in [0.4, 0.5) is 0 Å². The summed E-state index contributed by atoms with van der Waals surface area (Å²) in [6.07, 6.45) is 1.41. The highest BCUT2D eigenvalue weighted by Gasteiger charge is 2.18. The molecule has 2 unspecified atom stereocenters. The summed E-state index contributed by atoms with van der Waals surface area (Å²) >= 11 is 0. The molecule has 0 spiro atoms. The quantitative estimate of drug-likeness (QED) is 0.642. The summed E-state index contributed by atoms with van der Waals surface area (Å²) in [5, 5.41) is 9.48. The minimum atomic E-state index is -0.510. The molecule has 0 fully saturated rings. The number of esters is 1. The van der Waals surface area contributed by atoms with Crippen LogP contribution in [0.25, 0.3) is 0 Å². The molecule has 0 bridgehead atoms. The lowest BCUT2D eigenvalue weighted by atomic mass is 10.1. The number of hydrogen-bond acceptors (Lipinski definition) is 3. The average molecular weight is 174 g/mol. The van der Waals surface area contributed by atoms with Gasteiger partial charge < -0.3 is 9.84 Å². The second-order valence-electron chi connectivity index (χ2n) is 2.91. The molecule has 0 aromatic carbocycles. The van der Waals surface area contributed by atoms with E-state index in [1.165, 1.54) is 6.92 Å². The molecule has 0 aliphatic heterocycles. The highest BCUT2D eigenvalue weighted by Crippen LogP contribution is 2.09. The highest BCUT2D eigenvalue weighted by molar-refractivity contribution is 5.66. The summed E-state index contributed by atoms with van der Waals surface area (Å²) in [6.45, 7) is 5.25. The van der Waals surface area contributed by atoms with Gasteiger partial charge in [0.15, 0.2) is 0 Å². The fourth-order valence-electron chi connectivity index (χ4n) is 1.13. The van der Waals surface area contributed by atoms with Crippen molar-refractivity contribution in [3.8, 4) is 0 Å². The van der Waals surface area contributed by atoms with E-state index in [4.69, 9.17) is 4.74 Å². The Hall–Kier alpha value is -0.570. The Labute approximate surface area is 73.7 Å². The monoisotopic (exact) mass is 174 g/mol. The Morgan fingerprint density at radius 1 is 1.50 bits per heavy atom. The molecule has 0 amide bonds. The second-order valence-corrected chi connectivity index (χ2v) is 2.91. The molecule has 0 aliphatic carbocycles. The molecule has 0 rings (SSSR count). The fraction of sp³-hybridized carbons (Fsp3) is 0.889. The standard InChI is InChI=1S/C9H18O3/c1-4-6-8(11)9(5-2)12-7(3)10/h8-9,11H,4-6H2,1-3H3. The first-order chi connectivity index (χ1) is 5.61. The molecule has 0 aromatic rings. The Bertz CT molecular complexity index is 134. The average Bonchev–Trinajstić information content (AvgIpc) is 2.00. The Morgan fingerprint density at radius 3 is 2.42 bits per heavy atom. The SMILES string of the molecule is CCCC(O)C(CC)OC(C)=O. The first kappa shape index (κ1) is 11.4. The van der Waals surface area contributed by atoms with Crippen molar-refractivity contribution in [3.05, 3.63) is 0 Å². The molecule has 0 saturated carbocycles. The van der Waals surface area contributed by atoms with E-state index >= 15 is 0 Å². The number of carbonyl (C=O) groups is 1. The van der Waals surface area contributed by atoms with E-state index in [1.807, 2.05) is 13.8 Å². The minimum Gasteiger partial charge on any atom is -0.460 e. The van der Waals surface area contributed by atoms with Gasteiger partial charge in [0.1, 0.15) is 6.10 Å². The summed E-state index contributed by atoms with van der Waals surface area (Å²) in [5.41, 5.74) is 0. The maximum atomic E-state index is 10.6. The normalized spacial score (nSPS) is 15.3. The van der Waals surface area contributed by atoms with E-state index < -0.39 is 6.10 Å². The number of carbonyl (C=O) groups excluding carboxylic acids is 1. The van der Waals surface area contributed by atoms with Crippen LogP contribution in [0.1, 0.15) is 40.0 Å². The number of aliphatic hydroxyl groups excluding tert-OH is 1. The van der Waals surface area contributed by atoms with Crippen molar-refractivity contribution in [2.75, 3.05) is 0 Å². The lowest BCUT2D eigenvalue weighted by Gasteiger charge is -2.20. The number of rotatable bonds is 5. The van der Waals surface area contributed by atoms with Crippen molar-refractivity contribution in [2.45, 2.75) is 52.2 Å². The third kappa shape index (κ3) is 4.34. The number of aliphatic hydroxyl groups is 1. The van der Waals surface area contributed by atoms with Gasteiger partial charge in [0, 0.05) is 6.92 Å². The zero-order chi connectivity index (χ0) is 9.56. The Balaban J connectivity index is 3.86. The van der Waals surface area contributed by atoms with Gasteiger partial charge in [-0.15, -0.1) is 0 Å². The lowest BCUT2D eigenvalue weighted by molar-refractivity contribution is -0.152. The largest absolute Gasteiger partial charge is 0.460 e. The predicted octanol–water partition coefficient (Wildman–Crippen LogP) is 1.49. The van der Waals surface area contributed by atoms with Gasteiger partial charge in [0.05, 0.1) is 6.10 Å². The maximum Gasteiger partial charge on any atom is 0.302 e. The molecule has 0 aromatic heterocycles. The van der Waals surface area contributed by atoms with Crippen molar-refractivity contribution in [1.82, 2.24) is 0 Å². The smallest absolute Gasteiger partial charge is 0.302 e. The molecule has 3 nitrogen and oxygen atoms in total. The van der Waals surface area contributed by atoms with Crippen LogP contribution in [0.5, 0.6) is 0 Å². The molecule has 1 N–H and O–H groups in total. The first-order valence-electron chi connectivity index (χ1n) is 4.47. The predicted molar refractivity (Wildman–Crippen MR) is 46.8 cm³/mol. The summed E-state index contributed by atoms with van der Waals surface area (Å²) in [6, 6.07) is 0. The van der Waals surface area contributed by atoms with Gasteiger partial charge in [0.25, 0.3) is 0 Å². The van der Waals surface area contributed by atoms with Crippen LogP contribution >= 0.6 is 0 Å². The third-order valence-corrected chi connectivity index (χ3v) is 1.73. The van der Waals surface area contributed by atoms with Gasteiger partial charge in [-0.05, 0) is 12.8 Å². The van der Waals surface area contributed by atoms with E-state index in [0.717, 1.165) is 6.42 Å². The summed E-state index contributed by atoms with van der Waals surface area (Å²) in [4.78, 5) is 10.6. The number of ether oxygens (including phenoxy) is 1. The molecular formula is C9H18O3. The van der Waals surface area contributed by atoms with Crippen molar-refractivity contribution in [1.29, 1.82) is 0 Å². The third-order valence-electron chi connectivity index (χ3n) is 1.73. The van der Waals surface area contributed by atoms with Crippen molar-refractivity contribution in [3.63, 3.8) is 0 Å². The van der Waals surface area contributed by atoms with Crippen LogP contribution in [-0.2, 0) is 9.53 Å². The molecule has 0 aliphatic rings. The van der Waals surface area contributed by atoms with Gasteiger partial charge >= 0.3 is 5.97 Å². The van der Waals surface area contributed by atoms with Gasteiger partial charge in [-0.1, -0.05) is 20.3 Å². The van der Waals surface area contributed by atoms with E-state index in [0.29, 0.717) is 12.8 Å². The van der Waals surface area contributed by atoms with Crippen molar-refractivity contribution in [2.24, 2.45) is 0 Å². The lowest BCUT2D eigenvalue weighted by Crippen LogP contribution is -2.29. The van der Waals surface area contributed by atoms with Crippen LogP contribution in [-0.4, -0.2) is 23.3 Å². The van der Waals surface area contributed by atoms with E-state index in [-0.39, 0.29) is 12.1 Å². The van der Waals surface area contributed by atoms with Crippen LogP contribution in [0, 0.1) is 0 Å². The van der Waals surface area contributed by atoms with Crippen LogP contribution in [0.3, 0.4) is 0 Å². The van der Waals surface area contributed by atoms with Gasteiger partial charge in [-0.3, -0.25) is 4.79 Å². The van der Waals surface area contributed by atoms with Gasteiger partial charge in [0.2, 0.25) is 0 Å². The highest BCUT2D eigenvalue weighted by atomic mass is 16.6. The topological polar surface area (TPSA) is 46.5 Å². The number of hydrogen-bond donors (Lipinski definition) is 1. The molecule has 0 heterocycles. The van der Waals surface area contributed by atoms with E-state index in [1.54, 1.807) is 0 Å². The summed E-state index contributed by atoms with van der Waals surface area (Å²) in [5.74, 6) is -0.322. The van der Waals surface area contributed by atoms with Crippen LogP contribution < -0.4 is 0 Å². The molecule has 72 valence electrons. The summed E-state index contributed by atoms with van der Waals surface area (Å²) in [7, 11) is 0. The second kappa shape index (κ2) is 6.00. The Kier molecular flexibility index (Phi) is 5.72. The molecule has 3 heteroatoms. The van der Waals surface area contributed by atoms with Crippen LogP contribution in [0.2, 0.25) is 0 Å². The minimum absolute atomic E-state index is 0.322. The summed E-state index contributed by atoms with van der Waals surface area (Å²) < 4.78 is 4.92. The maximum absolute atomic E-state index is 10.6. The fourth-order valence-corrected chi connectivity index (χ4v) is 1.13. The van der Waals surface area contributed by atoms with Crippen molar-refractivity contribution < 1.29 is 14.6 Å². The van der Waals surface area contributed by atoms with E-state index in [2.05, 4.69) is 0 Å². The molecule has 12 heavy (non-hydrogen) atoms. The van der Waals surface area contributed by atoms with Crippen LogP contribution in [0.15, 0.2) is 0 Å². The van der Waals surface area contributed by atoms with E-state index in [9.17, 15) is 9.90 Å². The zero-order valence-electron chi connectivity index (χ0n) is 8.04. The van der Waals surface area contributed by atoms with Gasteiger partial charge in [-0.2, -0.15) is 0 Å². The molecule has 2 atom stereocenters. The first-order valence-corrected chi connectivity index (χ1v) is 4.47. The van der Waals surface area contributed by atoms with Gasteiger partial charge in [-0.25, -0.2) is 0 Å². The molecule has 0 saturated heterocycles. The molecule has 0 radical (unpaired) electrons. The van der Waals surface area contributed by atoms with Crippen molar-refractivity contribution >= 4 is 5.97 Å². The molecular weight excluding hydrogens is 156 g/mol. The Morgan fingerprint density at radius 2 is 2.08 bits per heavy atom.